The number of carboxylic acids is 1. The summed E-state index contributed by atoms with van der Waals surface area (Å²) in [6.45, 7) is 3.95. The van der Waals surface area contributed by atoms with E-state index in [4.69, 9.17) is 9.63 Å². The van der Waals surface area contributed by atoms with Gasteiger partial charge in [0.1, 0.15) is 0 Å². The number of hydrogen-bond acceptors (Lipinski definition) is 4. The third kappa shape index (κ3) is 2.36. The highest BCUT2D eigenvalue weighted by Gasteiger charge is 2.28. The van der Waals surface area contributed by atoms with E-state index in [2.05, 4.69) is 10.1 Å². The Balaban J connectivity index is 1.90. The van der Waals surface area contributed by atoms with E-state index in [0.717, 1.165) is 24.4 Å². The van der Waals surface area contributed by atoms with Gasteiger partial charge in [0.05, 0.1) is 18.2 Å². The van der Waals surface area contributed by atoms with Crippen LogP contribution in [0.25, 0.3) is 0 Å². The van der Waals surface area contributed by atoms with Crippen LogP contribution in [0.1, 0.15) is 17.9 Å². The van der Waals surface area contributed by atoms with Gasteiger partial charge in [-0.1, -0.05) is 5.16 Å². The van der Waals surface area contributed by atoms with Crippen molar-refractivity contribution in [3.05, 3.63) is 17.5 Å². The van der Waals surface area contributed by atoms with Gasteiger partial charge < -0.3 is 9.63 Å². The quantitative estimate of drug-likeness (QED) is 0.802. The average Bonchev–Trinajstić information content (AvgIpc) is 2.76. The molecule has 1 saturated heterocycles. The van der Waals surface area contributed by atoms with Gasteiger partial charge in [0.25, 0.3) is 0 Å². The van der Waals surface area contributed by atoms with Gasteiger partial charge in [-0.05, 0) is 19.9 Å². The molecule has 0 amide bonds. The molecule has 0 saturated carbocycles. The third-order valence-corrected chi connectivity index (χ3v) is 2.68. The lowest BCUT2D eigenvalue weighted by Gasteiger charge is -2.11. The minimum Gasteiger partial charge on any atom is -0.481 e. The fraction of sp³-hybridized carbons (Fsp3) is 0.600. The first-order valence-electron chi connectivity index (χ1n) is 5.02. The highest BCUT2D eigenvalue weighted by Crippen LogP contribution is 2.18. The predicted octanol–water partition coefficient (Wildman–Crippen LogP) is 0.890. The zero-order chi connectivity index (χ0) is 10.8. The van der Waals surface area contributed by atoms with Crippen LogP contribution in [-0.2, 0) is 11.3 Å². The Hall–Kier alpha value is -1.36. The molecule has 1 fully saturated rings. The first-order valence-corrected chi connectivity index (χ1v) is 5.02. The largest absolute Gasteiger partial charge is 0.481 e. The molecule has 1 aromatic heterocycles. The second kappa shape index (κ2) is 4.02. The molecule has 0 aliphatic carbocycles. The summed E-state index contributed by atoms with van der Waals surface area (Å²) in [5, 5.41) is 12.6. The molecule has 5 nitrogen and oxygen atoms in total. The number of nitrogens with zero attached hydrogens (tertiary/aromatic N) is 2. The van der Waals surface area contributed by atoms with Gasteiger partial charge in [-0.2, -0.15) is 0 Å². The first kappa shape index (κ1) is 10.2. The Labute approximate surface area is 87.7 Å². The van der Waals surface area contributed by atoms with E-state index in [1.807, 2.05) is 13.0 Å². The average molecular weight is 210 g/mol. The van der Waals surface area contributed by atoms with E-state index in [9.17, 15) is 4.79 Å². The van der Waals surface area contributed by atoms with Gasteiger partial charge in [-0.15, -0.1) is 0 Å². The number of aliphatic carboxylic acids is 1. The highest BCUT2D eigenvalue weighted by atomic mass is 16.5. The summed E-state index contributed by atoms with van der Waals surface area (Å²) in [6, 6.07) is 1.88. The summed E-state index contributed by atoms with van der Waals surface area (Å²) in [6.07, 6.45) is 0.725. The molecule has 5 heteroatoms. The molecular formula is C10H14N2O3. The van der Waals surface area contributed by atoms with E-state index in [-0.39, 0.29) is 5.92 Å². The Kier molecular flexibility index (Phi) is 2.73. The summed E-state index contributed by atoms with van der Waals surface area (Å²) >= 11 is 0. The molecule has 2 heterocycles. The Morgan fingerprint density at radius 2 is 2.60 bits per heavy atom. The minimum atomic E-state index is -0.703. The van der Waals surface area contributed by atoms with Gasteiger partial charge in [0, 0.05) is 12.6 Å². The summed E-state index contributed by atoms with van der Waals surface area (Å²) in [7, 11) is 0. The van der Waals surface area contributed by atoms with Gasteiger partial charge in [-0.3, -0.25) is 9.69 Å². The smallest absolute Gasteiger partial charge is 0.307 e. The molecular weight excluding hydrogens is 196 g/mol. The van der Waals surface area contributed by atoms with E-state index < -0.39 is 5.97 Å². The molecule has 0 aromatic carbocycles. The molecule has 1 aliphatic heterocycles. The number of hydrogen-bond donors (Lipinski definition) is 1. The van der Waals surface area contributed by atoms with Crippen LogP contribution in [0.5, 0.6) is 0 Å². The minimum absolute atomic E-state index is 0.228. The van der Waals surface area contributed by atoms with Crippen LogP contribution in [0.2, 0.25) is 0 Å². The molecule has 1 aromatic rings. The fourth-order valence-electron chi connectivity index (χ4n) is 1.89. The Morgan fingerprint density at radius 3 is 3.13 bits per heavy atom. The van der Waals surface area contributed by atoms with Gasteiger partial charge >= 0.3 is 5.97 Å². The van der Waals surface area contributed by atoms with Crippen molar-refractivity contribution in [3.63, 3.8) is 0 Å². The van der Waals surface area contributed by atoms with Crippen molar-refractivity contribution in [1.29, 1.82) is 0 Å². The van der Waals surface area contributed by atoms with E-state index >= 15 is 0 Å². The van der Waals surface area contributed by atoms with Crippen LogP contribution >= 0.6 is 0 Å². The fourth-order valence-corrected chi connectivity index (χ4v) is 1.89. The lowest BCUT2D eigenvalue weighted by molar-refractivity contribution is -0.141. The monoisotopic (exact) mass is 210 g/mol. The number of aromatic nitrogens is 1. The number of likely N-dealkylation sites (tertiary alicyclic amines) is 1. The Morgan fingerprint density at radius 1 is 1.80 bits per heavy atom. The third-order valence-electron chi connectivity index (χ3n) is 2.68. The first-order chi connectivity index (χ1) is 7.15. The number of carbonyl (C=O) groups is 1. The number of carboxylic acid groups (broad SMARTS) is 1. The molecule has 1 N–H and O–H groups in total. The van der Waals surface area contributed by atoms with Crippen LogP contribution in [0.3, 0.4) is 0 Å². The van der Waals surface area contributed by atoms with Gasteiger partial charge in [-0.25, -0.2) is 0 Å². The van der Waals surface area contributed by atoms with E-state index in [1.165, 1.54) is 0 Å². The molecule has 0 spiro atoms. The van der Waals surface area contributed by atoms with Gasteiger partial charge in [0.2, 0.25) is 0 Å². The molecule has 2 rings (SSSR count). The number of rotatable bonds is 3. The SMILES string of the molecule is Cc1cc(CN2CCC(C(=O)O)C2)on1. The van der Waals surface area contributed by atoms with Crippen molar-refractivity contribution in [2.45, 2.75) is 19.9 Å². The van der Waals surface area contributed by atoms with E-state index in [1.54, 1.807) is 0 Å². The lowest BCUT2D eigenvalue weighted by atomic mass is 10.1. The molecule has 1 unspecified atom stereocenters. The summed E-state index contributed by atoms with van der Waals surface area (Å²) in [5.41, 5.74) is 0.860. The Bertz CT molecular complexity index is 361. The number of aryl methyl sites for hydroxylation is 1. The summed E-state index contributed by atoms with van der Waals surface area (Å²) in [4.78, 5) is 12.8. The van der Waals surface area contributed by atoms with Crippen LogP contribution in [0.15, 0.2) is 10.6 Å². The topological polar surface area (TPSA) is 66.6 Å². The van der Waals surface area contributed by atoms with Crippen molar-refractivity contribution in [1.82, 2.24) is 10.1 Å². The van der Waals surface area contributed by atoms with Crippen LogP contribution in [0.4, 0.5) is 0 Å². The second-order valence-electron chi connectivity index (χ2n) is 3.99. The van der Waals surface area contributed by atoms with Crippen molar-refractivity contribution < 1.29 is 14.4 Å². The van der Waals surface area contributed by atoms with Gasteiger partial charge in [0.15, 0.2) is 5.76 Å². The molecule has 0 bridgehead atoms. The molecule has 1 aliphatic rings. The summed E-state index contributed by atoms with van der Waals surface area (Å²) < 4.78 is 5.08. The highest BCUT2D eigenvalue weighted by molar-refractivity contribution is 5.70. The molecule has 1 atom stereocenters. The maximum absolute atomic E-state index is 10.7. The maximum atomic E-state index is 10.7. The normalized spacial score (nSPS) is 22.1. The maximum Gasteiger partial charge on any atom is 0.307 e. The van der Waals surface area contributed by atoms with Crippen LogP contribution in [0, 0.1) is 12.8 Å². The van der Waals surface area contributed by atoms with Crippen molar-refractivity contribution >= 4 is 5.97 Å². The summed E-state index contributed by atoms with van der Waals surface area (Å²) in [5.74, 6) is -0.126. The molecule has 82 valence electrons. The second-order valence-corrected chi connectivity index (χ2v) is 3.99. The van der Waals surface area contributed by atoms with Crippen LogP contribution < -0.4 is 0 Å². The zero-order valence-electron chi connectivity index (χ0n) is 8.64. The lowest BCUT2D eigenvalue weighted by Crippen LogP contribution is -2.22. The standard InChI is InChI=1S/C10H14N2O3/c1-7-4-9(15-11-7)6-12-3-2-8(5-12)10(13)14/h4,8H,2-3,5-6H2,1H3,(H,13,14). The van der Waals surface area contributed by atoms with Crippen LogP contribution in [-0.4, -0.2) is 34.2 Å². The molecule has 0 radical (unpaired) electrons. The van der Waals surface area contributed by atoms with Crippen molar-refractivity contribution in [3.8, 4) is 0 Å². The zero-order valence-corrected chi connectivity index (χ0v) is 8.64. The predicted molar refractivity (Wildman–Crippen MR) is 52.3 cm³/mol. The van der Waals surface area contributed by atoms with Crippen molar-refractivity contribution in [2.75, 3.05) is 13.1 Å². The van der Waals surface area contributed by atoms with Crippen molar-refractivity contribution in [2.24, 2.45) is 5.92 Å². The van der Waals surface area contributed by atoms with E-state index in [0.29, 0.717) is 13.1 Å². The molecule has 15 heavy (non-hydrogen) atoms.